The first kappa shape index (κ1) is 15.0. The maximum Gasteiger partial charge on any atom is 0.224 e. The smallest absolute Gasteiger partial charge is 0.224 e. The summed E-state index contributed by atoms with van der Waals surface area (Å²) in [5, 5.41) is 1.42. The van der Waals surface area contributed by atoms with E-state index in [0.717, 1.165) is 17.6 Å². The van der Waals surface area contributed by atoms with Gasteiger partial charge in [-0.1, -0.05) is 19.6 Å². The normalized spacial score (nSPS) is 15.8. The van der Waals surface area contributed by atoms with E-state index in [1.54, 1.807) is 0 Å². The second kappa shape index (κ2) is 5.70. The van der Waals surface area contributed by atoms with Crippen molar-refractivity contribution < 1.29 is 4.74 Å². The molecule has 21 heavy (non-hydrogen) atoms. The van der Waals surface area contributed by atoms with E-state index in [4.69, 9.17) is 16.3 Å². The van der Waals surface area contributed by atoms with Gasteiger partial charge in [-0.05, 0) is 42.0 Å². The van der Waals surface area contributed by atoms with Crippen molar-refractivity contribution in [1.82, 2.24) is 14.5 Å². The second-order valence-corrected chi connectivity index (χ2v) is 13.0. The van der Waals surface area contributed by atoms with Crippen LogP contribution in [0, 0.1) is 0 Å². The van der Waals surface area contributed by atoms with E-state index in [0.29, 0.717) is 17.9 Å². The van der Waals surface area contributed by atoms with Gasteiger partial charge in [-0.25, -0.2) is 4.98 Å². The largest absolute Gasteiger partial charge is 0.361 e. The molecule has 2 aromatic heterocycles. The number of hydrogen-bond donors (Lipinski definition) is 0. The molecule has 0 amide bonds. The number of rotatable bonds is 6. The fraction of sp³-hybridized carbons (Fsp3) is 0.600. The summed E-state index contributed by atoms with van der Waals surface area (Å²) in [4.78, 5) is 8.51. The van der Waals surface area contributed by atoms with Crippen LogP contribution in [0.4, 0.5) is 0 Å². The first-order valence-electron chi connectivity index (χ1n) is 7.53. The van der Waals surface area contributed by atoms with Crippen LogP contribution in [0.1, 0.15) is 24.3 Å². The molecule has 0 aliphatic heterocycles. The SMILES string of the molecule is C[Si](C)(C)CCOCn1cc(C2CC2)c2cnc(Cl)nc21. The number of fused-ring (bicyclic) bond motifs is 1. The summed E-state index contributed by atoms with van der Waals surface area (Å²) in [6.45, 7) is 8.44. The zero-order valence-electron chi connectivity index (χ0n) is 12.9. The Labute approximate surface area is 131 Å². The molecule has 2 aromatic rings. The number of ether oxygens (including phenoxy) is 1. The Bertz CT molecular complexity index is 646. The Morgan fingerprint density at radius 1 is 1.38 bits per heavy atom. The summed E-state index contributed by atoms with van der Waals surface area (Å²) in [6, 6.07) is 1.18. The third kappa shape index (κ3) is 3.65. The maximum absolute atomic E-state index is 5.95. The highest BCUT2D eigenvalue weighted by Gasteiger charge is 2.28. The summed E-state index contributed by atoms with van der Waals surface area (Å²) in [6.07, 6.45) is 6.54. The molecular formula is C15H22ClN3OSi. The molecule has 3 rings (SSSR count). The molecule has 4 nitrogen and oxygen atoms in total. The van der Waals surface area contributed by atoms with E-state index in [-0.39, 0.29) is 0 Å². The predicted molar refractivity (Wildman–Crippen MR) is 88.6 cm³/mol. The van der Waals surface area contributed by atoms with Crippen molar-refractivity contribution in [2.75, 3.05) is 6.61 Å². The molecule has 0 radical (unpaired) electrons. The fourth-order valence-electron chi connectivity index (χ4n) is 2.43. The van der Waals surface area contributed by atoms with E-state index in [2.05, 4.69) is 40.4 Å². The van der Waals surface area contributed by atoms with Crippen LogP contribution in [0.3, 0.4) is 0 Å². The molecule has 1 saturated carbocycles. The van der Waals surface area contributed by atoms with Crippen LogP contribution >= 0.6 is 11.6 Å². The quantitative estimate of drug-likeness (QED) is 0.452. The summed E-state index contributed by atoms with van der Waals surface area (Å²) < 4.78 is 7.92. The molecule has 0 bridgehead atoms. The van der Waals surface area contributed by atoms with Gasteiger partial charge in [0.15, 0.2) is 0 Å². The van der Waals surface area contributed by atoms with Gasteiger partial charge in [0, 0.05) is 32.5 Å². The first-order chi connectivity index (χ1) is 9.94. The lowest BCUT2D eigenvalue weighted by molar-refractivity contribution is 0.0898. The van der Waals surface area contributed by atoms with Crippen molar-refractivity contribution >= 4 is 30.7 Å². The average Bonchev–Trinajstić information content (AvgIpc) is 3.17. The Kier molecular flexibility index (Phi) is 4.07. The molecule has 2 heterocycles. The first-order valence-corrected chi connectivity index (χ1v) is 11.6. The van der Waals surface area contributed by atoms with Gasteiger partial charge in [-0.3, -0.25) is 0 Å². The number of hydrogen-bond acceptors (Lipinski definition) is 3. The predicted octanol–water partition coefficient (Wildman–Crippen LogP) is 4.27. The van der Waals surface area contributed by atoms with Gasteiger partial charge >= 0.3 is 0 Å². The van der Waals surface area contributed by atoms with Gasteiger partial charge in [-0.2, -0.15) is 4.98 Å². The molecule has 1 aliphatic rings. The molecule has 0 aromatic carbocycles. The van der Waals surface area contributed by atoms with E-state index in [1.807, 2.05) is 6.20 Å². The number of nitrogens with zero attached hydrogens (tertiary/aromatic N) is 3. The minimum Gasteiger partial charge on any atom is -0.361 e. The van der Waals surface area contributed by atoms with Crippen molar-refractivity contribution in [2.24, 2.45) is 0 Å². The summed E-state index contributed by atoms with van der Waals surface area (Å²) in [5.74, 6) is 0.667. The van der Waals surface area contributed by atoms with Crippen LogP contribution < -0.4 is 0 Å². The Morgan fingerprint density at radius 3 is 2.81 bits per heavy atom. The highest BCUT2D eigenvalue weighted by atomic mass is 35.5. The zero-order chi connectivity index (χ0) is 15.0. The topological polar surface area (TPSA) is 39.9 Å². The second-order valence-electron chi connectivity index (χ2n) is 7.05. The minimum absolute atomic E-state index is 0.297. The van der Waals surface area contributed by atoms with Gasteiger partial charge in [0.1, 0.15) is 12.4 Å². The Balaban J connectivity index is 1.76. The van der Waals surface area contributed by atoms with Crippen LogP contribution in [0.5, 0.6) is 0 Å². The van der Waals surface area contributed by atoms with Crippen molar-refractivity contribution in [2.45, 2.75) is 51.2 Å². The van der Waals surface area contributed by atoms with Gasteiger partial charge in [0.05, 0.1) is 0 Å². The molecule has 0 saturated heterocycles. The van der Waals surface area contributed by atoms with Crippen molar-refractivity contribution in [1.29, 1.82) is 0 Å². The minimum atomic E-state index is -1.04. The van der Waals surface area contributed by atoms with Gasteiger partial charge in [0.2, 0.25) is 5.28 Å². The Morgan fingerprint density at radius 2 is 2.14 bits per heavy atom. The van der Waals surface area contributed by atoms with E-state index < -0.39 is 8.07 Å². The molecule has 0 atom stereocenters. The lowest BCUT2D eigenvalue weighted by Crippen LogP contribution is -2.22. The third-order valence-electron chi connectivity index (χ3n) is 3.86. The van der Waals surface area contributed by atoms with Crippen LogP contribution in [-0.2, 0) is 11.5 Å². The van der Waals surface area contributed by atoms with Crippen LogP contribution in [0.2, 0.25) is 31.0 Å². The average molecular weight is 324 g/mol. The van der Waals surface area contributed by atoms with Crippen molar-refractivity contribution in [3.63, 3.8) is 0 Å². The van der Waals surface area contributed by atoms with Crippen molar-refractivity contribution in [3.05, 3.63) is 23.2 Å². The monoisotopic (exact) mass is 323 g/mol. The molecule has 114 valence electrons. The molecule has 1 fully saturated rings. The Hall–Kier alpha value is -0.913. The van der Waals surface area contributed by atoms with E-state index in [9.17, 15) is 0 Å². The third-order valence-corrected chi connectivity index (χ3v) is 5.75. The molecular weight excluding hydrogens is 302 g/mol. The van der Waals surface area contributed by atoms with Crippen molar-refractivity contribution in [3.8, 4) is 0 Å². The lowest BCUT2D eigenvalue weighted by atomic mass is 10.2. The van der Waals surface area contributed by atoms with E-state index >= 15 is 0 Å². The number of aromatic nitrogens is 3. The van der Waals surface area contributed by atoms with Gasteiger partial charge in [0.25, 0.3) is 0 Å². The fourth-order valence-corrected chi connectivity index (χ4v) is 3.32. The highest BCUT2D eigenvalue weighted by Crippen LogP contribution is 2.43. The summed E-state index contributed by atoms with van der Waals surface area (Å²) in [5.41, 5.74) is 2.24. The van der Waals surface area contributed by atoms with E-state index in [1.165, 1.54) is 24.4 Å². The maximum atomic E-state index is 5.95. The van der Waals surface area contributed by atoms with Gasteiger partial charge in [-0.15, -0.1) is 0 Å². The van der Waals surface area contributed by atoms with Crippen LogP contribution in [0.15, 0.2) is 12.4 Å². The number of halogens is 1. The van der Waals surface area contributed by atoms with Crippen LogP contribution in [-0.4, -0.2) is 29.2 Å². The molecule has 0 spiro atoms. The molecule has 0 N–H and O–H groups in total. The van der Waals surface area contributed by atoms with Crippen LogP contribution in [0.25, 0.3) is 11.0 Å². The summed E-state index contributed by atoms with van der Waals surface area (Å²) >= 11 is 5.95. The molecule has 1 aliphatic carbocycles. The molecule has 6 heteroatoms. The highest BCUT2D eigenvalue weighted by molar-refractivity contribution is 6.76. The zero-order valence-corrected chi connectivity index (χ0v) is 14.7. The molecule has 0 unspecified atom stereocenters. The van der Waals surface area contributed by atoms with Gasteiger partial charge < -0.3 is 9.30 Å². The standard InChI is InChI=1S/C15H22ClN3OSi/c1-21(2,3)7-6-20-10-19-9-13(11-4-5-11)12-8-17-15(16)18-14(12)19/h8-9,11H,4-7,10H2,1-3H3. The summed E-state index contributed by atoms with van der Waals surface area (Å²) in [7, 11) is -1.04. The lowest BCUT2D eigenvalue weighted by Gasteiger charge is -2.15.